The summed E-state index contributed by atoms with van der Waals surface area (Å²) >= 11 is 0. The van der Waals surface area contributed by atoms with Gasteiger partial charge < -0.3 is 10.1 Å². The van der Waals surface area contributed by atoms with Crippen molar-refractivity contribution in [3.63, 3.8) is 0 Å². The van der Waals surface area contributed by atoms with Gasteiger partial charge in [-0.2, -0.15) is 0 Å². The van der Waals surface area contributed by atoms with Crippen LogP contribution < -0.4 is 5.32 Å². The van der Waals surface area contributed by atoms with E-state index in [9.17, 15) is 10.1 Å². The van der Waals surface area contributed by atoms with Crippen LogP contribution in [0.3, 0.4) is 0 Å². The summed E-state index contributed by atoms with van der Waals surface area (Å²) in [4.78, 5) is 14.4. The van der Waals surface area contributed by atoms with Crippen LogP contribution in [-0.2, 0) is 4.74 Å². The number of aromatic nitrogens is 1. The van der Waals surface area contributed by atoms with Gasteiger partial charge >= 0.3 is 0 Å². The van der Waals surface area contributed by atoms with Gasteiger partial charge in [0.1, 0.15) is 11.5 Å². The molecule has 1 unspecified atom stereocenters. The standard InChI is InChI=1S/C12H17N3O3/c1-9-11(15(16)17)4-5-12(14-9)13-7-10-3-2-6-18-8-10/h4-5,10H,2-3,6-8H2,1H3,(H,13,14). The number of pyridine rings is 1. The fourth-order valence-corrected chi connectivity index (χ4v) is 2.06. The predicted octanol–water partition coefficient (Wildman–Crippen LogP) is 2.14. The third-order valence-corrected chi connectivity index (χ3v) is 3.08. The van der Waals surface area contributed by atoms with Gasteiger partial charge in [0.25, 0.3) is 5.69 Å². The summed E-state index contributed by atoms with van der Waals surface area (Å²) in [6.07, 6.45) is 2.25. The molecule has 18 heavy (non-hydrogen) atoms. The topological polar surface area (TPSA) is 77.3 Å². The minimum absolute atomic E-state index is 0.0570. The van der Waals surface area contributed by atoms with Gasteiger partial charge in [0.15, 0.2) is 0 Å². The Morgan fingerprint density at radius 2 is 2.44 bits per heavy atom. The molecule has 1 aromatic rings. The van der Waals surface area contributed by atoms with E-state index in [0.717, 1.165) is 32.6 Å². The molecule has 1 saturated heterocycles. The SMILES string of the molecule is Cc1nc(NCC2CCCOC2)ccc1[N+](=O)[O-]. The Kier molecular flexibility index (Phi) is 4.09. The summed E-state index contributed by atoms with van der Waals surface area (Å²) in [6, 6.07) is 3.14. The number of anilines is 1. The molecule has 0 saturated carbocycles. The van der Waals surface area contributed by atoms with Gasteiger partial charge in [-0.15, -0.1) is 0 Å². The molecule has 0 amide bonds. The van der Waals surface area contributed by atoms with Crippen molar-refractivity contribution >= 4 is 11.5 Å². The zero-order valence-corrected chi connectivity index (χ0v) is 10.4. The highest BCUT2D eigenvalue weighted by Crippen LogP contribution is 2.19. The van der Waals surface area contributed by atoms with Crippen LogP contribution >= 0.6 is 0 Å². The fraction of sp³-hybridized carbons (Fsp3) is 0.583. The highest BCUT2D eigenvalue weighted by molar-refractivity contribution is 5.44. The van der Waals surface area contributed by atoms with Crippen LogP contribution in [0.5, 0.6) is 0 Å². The second-order valence-electron chi connectivity index (χ2n) is 4.52. The maximum absolute atomic E-state index is 10.7. The van der Waals surface area contributed by atoms with Gasteiger partial charge in [0, 0.05) is 19.2 Å². The molecular formula is C12H17N3O3. The molecule has 1 aromatic heterocycles. The smallest absolute Gasteiger partial charge is 0.290 e. The van der Waals surface area contributed by atoms with Gasteiger partial charge in [-0.1, -0.05) is 0 Å². The number of nitrogens with one attached hydrogen (secondary N) is 1. The first-order valence-electron chi connectivity index (χ1n) is 6.10. The van der Waals surface area contributed by atoms with Crippen molar-refractivity contribution in [2.75, 3.05) is 25.1 Å². The average Bonchev–Trinajstić information content (AvgIpc) is 2.37. The molecule has 1 aliphatic rings. The molecule has 2 heterocycles. The van der Waals surface area contributed by atoms with Gasteiger partial charge in [-0.25, -0.2) is 4.98 Å². The van der Waals surface area contributed by atoms with Crippen molar-refractivity contribution in [1.82, 2.24) is 4.98 Å². The van der Waals surface area contributed by atoms with E-state index in [2.05, 4.69) is 10.3 Å². The molecular weight excluding hydrogens is 234 g/mol. The first-order chi connectivity index (χ1) is 8.66. The summed E-state index contributed by atoms with van der Waals surface area (Å²) in [6.45, 7) is 4.07. The minimum Gasteiger partial charge on any atom is -0.381 e. The monoisotopic (exact) mass is 251 g/mol. The molecule has 0 spiro atoms. The summed E-state index contributed by atoms with van der Waals surface area (Å²) in [5.74, 6) is 1.18. The highest BCUT2D eigenvalue weighted by Gasteiger charge is 2.15. The van der Waals surface area contributed by atoms with Crippen LogP contribution in [0.4, 0.5) is 11.5 Å². The molecule has 98 valence electrons. The lowest BCUT2D eigenvalue weighted by Gasteiger charge is -2.22. The van der Waals surface area contributed by atoms with E-state index in [0.29, 0.717) is 17.4 Å². The van der Waals surface area contributed by atoms with Crippen molar-refractivity contribution in [3.8, 4) is 0 Å². The summed E-state index contributed by atoms with van der Waals surface area (Å²) < 4.78 is 5.40. The molecule has 2 rings (SSSR count). The van der Waals surface area contributed by atoms with Crippen molar-refractivity contribution in [3.05, 3.63) is 27.9 Å². The van der Waals surface area contributed by atoms with Crippen molar-refractivity contribution in [2.24, 2.45) is 5.92 Å². The number of aryl methyl sites for hydroxylation is 1. The second-order valence-corrected chi connectivity index (χ2v) is 4.52. The number of nitro groups is 1. The van der Waals surface area contributed by atoms with E-state index in [-0.39, 0.29) is 5.69 Å². The normalized spacial score (nSPS) is 19.5. The van der Waals surface area contributed by atoms with Crippen LogP contribution in [-0.4, -0.2) is 29.7 Å². The third-order valence-electron chi connectivity index (χ3n) is 3.08. The first-order valence-corrected chi connectivity index (χ1v) is 6.10. The fourth-order valence-electron chi connectivity index (χ4n) is 2.06. The molecule has 0 radical (unpaired) electrons. The Hall–Kier alpha value is -1.69. The van der Waals surface area contributed by atoms with Crippen molar-refractivity contribution in [2.45, 2.75) is 19.8 Å². The van der Waals surface area contributed by atoms with Crippen LogP contribution in [0.2, 0.25) is 0 Å². The number of ether oxygens (including phenoxy) is 1. The Morgan fingerprint density at radius 1 is 1.61 bits per heavy atom. The van der Waals surface area contributed by atoms with E-state index in [4.69, 9.17) is 4.74 Å². The van der Waals surface area contributed by atoms with Gasteiger partial charge in [0.05, 0.1) is 11.5 Å². The van der Waals surface area contributed by atoms with E-state index >= 15 is 0 Å². The molecule has 1 fully saturated rings. The number of rotatable bonds is 4. The largest absolute Gasteiger partial charge is 0.381 e. The van der Waals surface area contributed by atoms with E-state index in [1.165, 1.54) is 6.07 Å². The lowest BCUT2D eigenvalue weighted by atomic mass is 10.0. The molecule has 0 aliphatic carbocycles. The van der Waals surface area contributed by atoms with Gasteiger partial charge in [-0.05, 0) is 31.7 Å². The molecule has 1 N–H and O–H groups in total. The van der Waals surface area contributed by atoms with Crippen molar-refractivity contribution in [1.29, 1.82) is 0 Å². The molecule has 6 heteroatoms. The van der Waals surface area contributed by atoms with Crippen molar-refractivity contribution < 1.29 is 9.66 Å². The lowest BCUT2D eigenvalue weighted by molar-refractivity contribution is -0.385. The summed E-state index contributed by atoms with van der Waals surface area (Å²) in [7, 11) is 0. The number of nitrogens with zero attached hydrogens (tertiary/aromatic N) is 2. The molecule has 1 atom stereocenters. The lowest BCUT2D eigenvalue weighted by Crippen LogP contribution is -2.24. The molecule has 6 nitrogen and oxygen atoms in total. The first kappa shape index (κ1) is 12.8. The maximum atomic E-state index is 10.7. The van der Waals surface area contributed by atoms with Crippen LogP contribution in [0.15, 0.2) is 12.1 Å². The Labute approximate surface area is 106 Å². The number of hydrogen-bond donors (Lipinski definition) is 1. The Morgan fingerprint density at radius 3 is 3.06 bits per heavy atom. The van der Waals surface area contributed by atoms with Crippen LogP contribution in [0, 0.1) is 23.0 Å². The summed E-state index contributed by atoms with van der Waals surface area (Å²) in [5, 5.41) is 13.9. The maximum Gasteiger partial charge on any atom is 0.290 e. The highest BCUT2D eigenvalue weighted by atomic mass is 16.6. The van der Waals surface area contributed by atoms with Gasteiger partial charge in [-0.3, -0.25) is 10.1 Å². The van der Waals surface area contributed by atoms with E-state index in [1.807, 2.05) is 0 Å². The van der Waals surface area contributed by atoms with Crippen LogP contribution in [0.25, 0.3) is 0 Å². The molecule has 0 aromatic carbocycles. The quantitative estimate of drug-likeness (QED) is 0.655. The second kappa shape index (κ2) is 5.77. The van der Waals surface area contributed by atoms with Gasteiger partial charge in [0.2, 0.25) is 0 Å². The minimum atomic E-state index is -0.416. The molecule has 0 bridgehead atoms. The zero-order chi connectivity index (χ0) is 13.0. The zero-order valence-electron chi connectivity index (χ0n) is 10.4. The Bertz CT molecular complexity index is 431. The predicted molar refractivity (Wildman–Crippen MR) is 67.7 cm³/mol. The summed E-state index contributed by atoms with van der Waals surface area (Å²) in [5.41, 5.74) is 0.492. The Balaban J connectivity index is 1.93. The third kappa shape index (κ3) is 3.16. The van der Waals surface area contributed by atoms with E-state index in [1.54, 1.807) is 13.0 Å². The van der Waals surface area contributed by atoms with Crippen LogP contribution in [0.1, 0.15) is 18.5 Å². The average molecular weight is 251 g/mol. The van der Waals surface area contributed by atoms with E-state index < -0.39 is 4.92 Å². The number of hydrogen-bond acceptors (Lipinski definition) is 5. The molecule has 1 aliphatic heterocycles.